The standard InChI is InChI=1S/C16H25ClN2O/c1-10(2)12-7-16(20-4)13(6-14(12)17)15-5-11(8-18)9-19(15)3/h6-7,10-11,15H,5,8-9,18H2,1-4H3. The van der Waals surface area contributed by atoms with Gasteiger partial charge in [0, 0.05) is 23.2 Å². The molecule has 1 heterocycles. The first-order valence-electron chi connectivity index (χ1n) is 7.25. The van der Waals surface area contributed by atoms with Crippen molar-refractivity contribution in [1.29, 1.82) is 0 Å². The van der Waals surface area contributed by atoms with Gasteiger partial charge in [0.15, 0.2) is 0 Å². The predicted molar refractivity (Wildman–Crippen MR) is 84.6 cm³/mol. The molecule has 112 valence electrons. The molecule has 0 amide bonds. The lowest BCUT2D eigenvalue weighted by Gasteiger charge is -2.23. The molecule has 1 aliphatic rings. The largest absolute Gasteiger partial charge is 0.496 e. The van der Waals surface area contributed by atoms with E-state index in [1.165, 1.54) is 5.56 Å². The van der Waals surface area contributed by atoms with Crippen LogP contribution < -0.4 is 10.5 Å². The third kappa shape index (κ3) is 2.95. The molecule has 1 aromatic carbocycles. The van der Waals surface area contributed by atoms with E-state index in [0.29, 0.717) is 17.9 Å². The molecule has 0 radical (unpaired) electrons. The van der Waals surface area contributed by atoms with E-state index in [9.17, 15) is 0 Å². The van der Waals surface area contributed by atoms with Crippen LogP contribution in [0.15, 0.2) is 12.1 Å². The molecular weight excluding hydrogens is 272 g/mol. The zero-order valence-electron chi connectivity index (χ0n) is 12.8. The van der Waals surface area contributed by atoms with Crippen LogP contribution >= 0.6 is 11.6 Å². The molecule has 2 N–H and O–H groups in total. The molecule has 1 aliphatic heterocycles. The first-order valence-corrected chi connectivity index (χ1v) is 7.63. The molecular formula is C16H25ClN2O. The Morgan fingerprint density at radius 2 is 2.15 bits per heavy atom. The number of likely N-dealkylation sites (tertiary alicyclic amines) is 1. The van der Waals surface area contributed by atoms with Crippen molar-refractivity contribution >= 4 is 11.6 Å². The van der Waals surface area contributed by atoms with Crippen LogP contribution in [0.3, 0.4) is 0 Å². The van der Waals surface area contributed by atoms with Crippen LogP contribution in [0.1, 0.15) is 43.4 Å². The Labute approximate surface area is 127 Å². The highest BCUT2D eigenvalue weighted by Gasteiger charge is 2.32. The Bertz CT molecular complexity index is 476. The summed E-state index contributed by atoms with van der Waals surface area (Å²) in [5.74, 6) is 1.88. The van der Waals surface area contributed by atoms with Gasteiger partial charge in [0.25, 0.3) is 0 Å². The zero-order chi connectivity index (χ0) is 14.9. The van der Waals surface area contributed by atoms with Gasteiger partial charge in [-0.05, 0) is 49.5 Å². The van der Waals surface area contributed by atoms with Crippen LogP contribution in [0.5, 0.6) is 5.75 Å². The van der Waals surface area contributed by atoms with Gasteiger partial charge in [0.05, 0.1) is 7.11 Å². The third-order valence-electron chi connectivity index (χ3n) is 4.30. The molecule has 0 aliphatic carbocycles. The van der Waals surface area contributed by atoms with E-state index in [1.54, 1.807) is 7.11 Å². The monoisotopic (exact) mass is 296 g/mol. The number of ether oxygens (including phenoxy) is 1. The highest BCUT2D eigenvalue weighted by molar-refractivity contribution is 6.31. The number of methoxy groups -OCH3 is 1. The minimum absolute atomic E-state index is 0.345. The van der Waals surface area contributed by atoms with E-state index in [4.69, 9.17) is 22.1 Å². The third-order valence-corrected chi connectivity index (χ3v) is 4.63. The van der Waals surface area contributed by atoms with Crippen molar-refractivity contribution in [2.24, 2.45) is 11.7 Å². The number of hydrogen-bond donors (Lipinski definition) is 1. The molecule has 1 fully saturated rings. The van der Waals surface area contributed by atoms with Crippen LogP contribution in [0.25, 0.3) is 0 Å². The molecule has 3 nitrogen and oxygen atoms in total. The van der Waals surface area contributed by atoms with Crippen LogP contribution in [0.2, 0.25) is 5.02 Å². The minimum Gasteiger partial charge on any atom is -0.496 e. The molecule has 0 spiro atoms. The molecule has 0 aromatic heterocycles. The lowest BCUT2D eigenvalue weighted by molar-refractivity contribution is 0.303. The average Bonchev–Trinajstić information content (AvgIpc) is 2.79. The Kier molecular flexibility index (Phi) is 4.95. The fourth-order valence-electron chi connectivity index (χ4n) is 3.10. The fraction of sp³-hybridized carbons (Fsp3) is 0.625. The molecule has 4 heteroatoms. The molecule has 0 saturated carbocycles. The van der Waals surface area contributed by atoms with Crippen molar-refractivity contribution in [1.82, 2.24) is 4.90 Å². The maximum atomic E-state index is 6.45. The Balaban J connectivity index is 2.39. The molecule has 20 heavy (non-hydrogen) atoms. The summed E-state index contributed by atoms with van der Waals surface area (Å²) >= 11 is 6.45. The Morgan fingerprint density at radius 3 is 2.65 bits per heavy atom. The normalized spacial score (nSPS) is 23.6. The summed E-state index contributed by atoms with van der Waals surface area (Å²) in [6, 6.07) is 4.51. The van der Waals surface area contributed by atoms with Crippen LogP contribution in [0.4, 0.5) is 0 Å². The van der Waals surface area contributed by atoms with Gasteiger partial charge in [-0.15, -0.1) is 0 Å². The van der Waals surface area contributed by atoms with Crippen molar-refractivity contribution in [3.05, 3.63) is 28.3 Å². The number of nitrogens with zero attached hydrogens (tertiary/aromatic N) is 1. The quantitative estimate of drug-likeness (QED) is 0.925. The maximum absolute atomic E-state index is 6.45. The highest BCUT2D eigenvalue weighted by atomic mass is 35.5. The summed E-state index contributed by atoms with van der Waals surface area (Å²) in [7, 11) is 3.87. The molecule has 1 aromatic rings. The summed E-state index contributed by atoms with van der Waals surface area (Å²) in [5.41, 5.74) is 8.14. The maximum Gasteiger partial charge on any atom is 0.124 e. The fourth-order valence-corrected chi connectivity index (χ4v) is 3.49. The first kappa shape index (κ1) is 15.6. The second-order valence-corrected chi connectivity index (χ2v) is 6.47. The van der Waals surface area contributed by atoms with Gasteiger partial charge in [0.1, 0.15) is 5.75 Å². The summed E-state index contributed by atoms with van der Waals surface area (Å²) < 4.78 is 5.60. The van der Waals surface area contributed by atoms with Crippen molar-refractivity contribution in [2.75, 3.05) is 27.2 Å². The number of nitrogens with two attached hydrogens (primary N) is 1. The summed E-state index contributed by atoms with van der Waals surface area (Å²) in [6.07, 6.45) is 1.07. The smallest absolute Gasteiger partial charge is 0.124 e. The number of benzene rings is 1. The minimum atomic E-state index is 0.345. The van der Waals surface area contributed by atoms with E-state index in [2.05, 4.69) is 37.9 Å². The molecule has 0 bridgehead atoms. The topological polar surface area (TPSA) is 38.5 Å². The molecule has 1 saturated heterocycles. The highest BCUT2D eigenvalue weighted by Crippen LogP contribution is 2.41. The molecule has 2 atom stereocenters. The average molecular weight is 297 g/mol. The van der Waals surface area contributed by atoms with E-state index in [0.717, 1.165) is 35.8 Å². The van der Waals surface area contributed by atoms with E-state index >= 15 is 0 Å². The zero-order valence-corrected chi connectivity index (χ0v) is 13.6. The SMILES string of the molecule is COc1cc(C(C)C)c(Cl)cc1C1CC(CN)CN1C. The molecule has 2 unspecified atom stereocenters. The van der Waals surface area contributed by atoms with E-state index in [-0.39, 0.29) is 0 Å². The van der Waals surface area contributed by atoms with E-state index in [1.807, 2.05) is 0 Å². The van der Waals surface area contributed by atoms with Gasteiger partial charge in [-0.25, -0.2) is 0 Å². The lowest BCUT2D eigenvalue weighted by atomic mass is 9.95. The summed E-state index contributed by atoms with van der Waals surface area (Å²) in [5, 5.41) is 0.834. The van der Waals surface area contributed by atoms with Gasteiger partial charge in [-0.2, -0.15) is 0 Å². The number of hydrogen-bond acceptors (Lipinski definition) is 3. The van der Waals surface area contributed by atoms with Gasteiger partial charge < -0.3 is 10.5 Å². The number of rotatable bonds is 4. The van der Waals surface area contributed by atoms with Crippen LogP contribution in [0, 0.1) is 5.92 Å². The Hall–Kier alpha value is -0.770. The lowest BCUT2D eigenvalue weighted by Crippen LogP contribution is -2.21. The predicted octanol–water partition coefficient (Wildman–Crippen LogP) is 3.42. The van der Waals surface area contributed by atoms with Gasteiger partial charge in [0.2, 0.25) is 0 Å². The van der Waals surface area contributed by atoms with Gasteiger partial charge >= 0.3 is 0 Å². The second-order valence-electron chi connectivity index (χ2n) is 6.06. The Morgan fingerprint density at radius 1 is 1.45 bits per heavy atom. The first-order chi connectivity index (χ1) is 9.47. The van der Waals surface area contributed by atoms with Gasteiger partial charge in [-0.1, -0.05) is 25.4 Å². The van der Waals surface area contributed by atoms with Gasteiger partial charge in [-0.3, -0.25) is 4.90 Å². The van der Waals surface area contributed by atoms with E-state index < -0.39 is 0 Å². The summed E-state index contributed by atoms with van der Waals surface area (Å²) in [6.45, 7) is 6.06. The van der Waals surface area contributed by atoms with Crippen molar-refractivity contribution in [2.45, 2.75) is 32.2 Å². The van der Waals surface area contributed by atoms with Crippen molar-refractivity contribution < 1.29 is 4.74 Å². The van der Waals surface area contributed by atoms with Crippen molar-refractivity contribution in [3.63, 3.8) is 0 Å². The summed E-state index contributed by atoms with van der Waals surface area (Å²) in [4.78, 5) is 2.35. The van der Waals surface area contributed by atoms with Crippen LogP contribution in [-0.2, 0) is 0 Å². The second kappa shape index (κ2) is 6.33. The van der Waals surface area contributed by atoms with Crippen molar-refractivity contribution in [3.8, 4) is 5.75 Å². The van der Waals surface area contributed by atoms with Crippen LogP contribution in [-0.4, -0.2) is 32.1 Å². The number of halogens is 1. The molecule has 2 rings (SSSR count).